The van der Waals surface area contributed by atoms with E-state index in [1.54, 1.807) is 0 Å². The van der Waals surface area contributed by atoms with E-state index in [0.717, 1.165) is 12.1 Å². The summed E-state index contributed by atoms with van der Waals surface area (Å²) in [6.07, 6.45) is 5.30. The predicted octanol–water partition coefficient (Wildman–Crippen LogP) is 1.16. The Balaban J connectivity index is 2.02. The summed E-state index contributed by atoms with van der Waals surface area (Å²) in [6.45, 7) is 0.667. The van der Waals surface area contributed by atoms with Gasteiger partial charge in [-0.15, -0.1) is 0 Å². The molecule has 1 saturated carbocycles. The Morgan fingerprint density at radius 2 is 2.38 bits per heavy atom. The third kappa shape index (κ3) is 2.42. The highest BCUT2D eigenvalue weighted by atomic mass is 15.0. The molecule has 1 aliphatic rings. The highest BCUT2D eigenvalue weighted by molar-refractivity contribution is 5.45. The average molecular weight is 177 g/mol. The normalized spacial score (nSPS) is 15.8. The number of nitrogens with zero attached hydrogens (tertiary/aromatic N) is 1. The van der Waals surface area contributed by atoms with Crippen LogP contribution in [-0.2, 0) is 6.42 Å². The molecule has 3 nitrogen and oxygen atoms in total. The number of nitrogens with one attached hydrogen (secondary N) is 1. The molecular formula is C10H15N3. The molecule has 0 amide bonds. The second-order valence-electron chi connectivity index (χ2n) is 3.49. The van der Waals surface area contributed by atoms with Gasteiger partial charge in [-0.2, -0.15) is 0 Å². The Morgan fingerprint density at radius 1 is 1.54 bits per heavy atom. The molecule has 2 rings (SSSR count). The van der Waals surface area contributed by atoms with Crippen molar-refractivity contribution >= 4 is 5.69 Å². The predicted molar refractivity (Wildman–Crippen MR) is 53.6 cm³/mol. The van der Waals surface area contributed by atoms with Crippen molar-refractivity contribution in [3.8, 4) is 0 Å². The summed E-state index contributed by atoms with van der Waals surface area (Å²) in [4.78, 5) is 4.24. The minimum atomic E-state index is 0.667. The zero-order valence-corrected chi connectivity index (χ0v) is 7.66. The van der Waals surface area contributed by atoms with Crippen molar-refractivity contribution in [2.75, 3.05) is 11.9 Å². The first-order valence-electron chi connectivity index (χ1n) is 4.80. The summed E-state index contributed by atoms with van der Waals surface area (Å²) in [5, 5.41) is 3.43. The lowest BCUT2D eigenvalue weighted by molar-refractivity contribution is 0.922. The largest absolute Gasteiger partial charge is 0.382 e. The fourth-order valence-corrected chi connectivity index (χ4v) is 1.32. The summed E-state index contributed by atoms with van der Waals surface area (Å²) in [5.74, 6) is 0. The summed E-state index contributed by atoms with van der Waals surface area (Å²) in [7, 11) is 0. The number of pyridine rings is 1. The molecule has 1 fully saturated rings. The van der Waals surface area contributed by atoms with Gasteiger partial charge in [-0.3, -0.25) is 4.98 Å². The van der Waals surface area contributed by atoms with Gasteiger partial charge in [-0.25, -0.2) is 0 Å². The fourth-order valence-electron chi connectivity index (χ4n) is 1.32. The minimum Gasteiger partial charge on any atom is -0.382 e. The van der Waals surface area contributed by atoms with Gasteiger partial charge < -0.3 is 11.1 Å². The molecule has 1 aliphatic carbocycles. The van der Waals surface area contributed by atoms with Crippen molar-refractivity contribution in [2.24, 2.45) is 5.73 Å². The molecule has 1 heterocycles. The maximum atomic E-state index is 5.46. The molecule has 0 unspecified atom stereocenters. The number of nitrogens with two attached hydrogens (primary N) is 1. The van der Waals surface area contributed by atoms with Crippen LogP contribution in [0, 0.1) is 0 Å². The zero-order chi connectivity index (χ0) is 9.10. The first kappa shape index (κ1) is 8.51. The quantitative estimate of drug-likeness (QED) is 0.725. The van der Waals surface area contributed by atoms with E-state index >= 15 is 0 Å². The van der Waals surface area contributed by atoms with Gasteiger partial charge in [0.25, 0.3) is 0 Å². The third-order valence-corrected chi connectivity index (χ3v) is 2.17. The van der Waals surface area contributed by atoms with Gasteiger partial charge in [0, 0.05) is 30.0 Å². The van der Waals surface area contributed by atoms with Gasteiger partial charge in [0.1, 0.15) is 0 Å². The first-order chi connectivity index (χ1) is 6.38. The summed E-state index contributed by atoms with van der Waals surface area (Å²) in [6, 6.07) is 4.80. The Kier molecular flexibility index (Phi) is 2.45. The van der Waals surface area contributed by atoms with Crippen LogP contribution in [0.15, 0.2) is 18.3 Å². The molecular weight excluding hydrogens is 162 g/mol. The second kappa shape index (κ2) is 3.75. The van der Waals surface area contributed by atoms with Crippen molar-refractivity contribution in [3.05, 3.63) is 24.0 Å². The van der Waals surface area contributed by atoms with Crippen LogP contribution in [0.3, 0.4) is 0 Å². The van der Waals surface area contributed by atoms with Crippen LogP contribution in [0.25, 0.3) is 0 Å². The number of aromatic nitrogens is 1. The van der Waals surface area contributed by atoms with Crippen LogP contribution in [-0.4, -0.2) is 17.6 Å². The van der Waals surface area contributed by atoms with E-state index in [1.807, 2.05) is 12.3 Å². The summed E-state index contributed by atoms with van der Waals surface area (Å²) in [5.41, 5.74) is 7.72. The van der Waals surface area contributed by atoms with Gasteiger partial charge in [0.05, 0.1) is 0 Å². The third-order valence-electron chi connectivity index (χ3n) is 2.17. The molecule has 13 heavy (non-hydrogen) atoms. The number of rotatable bonds is 4. The van der Waals surface area contributed by atoms with Crippen molar-refractivity contribution in [2.45, 2.75) is 25.3 Å². The number of hydrogen-bond acceptors (Lipinski definition) is 3. The van der Waals surface area contributed by atoms with Crippen molar-refractivity contribution in [3.63, 3.8) is 0 Å². The zero-order valence-electron chi connectivity index (χ0n) is 7.66. The summed E-state index contributed by atoms with van der Waals surface area (Å²) >= 11 is 0. The fraction of sp³-hybridized carbons (Fsp3) is 0.500. The Labute approximate surface area is 78.4 Å². The van der Waals surface area contributed by atoms with E-state index in [2.05, 4.69) is 16.4 Å². The lowest BCUT2D eigenvalue weighted by Crippen LogP contribution is -2.06. The Morgan fingerprint density at radius 3 is 3.08 bits per heavy atom. The van der Waals surface area contributed by atoms with Crippen LogP contribution >= 0.6 is 0 Å². The molecule has 1 aromatic heterocycles. The van der Waals surface area contributed by atoms with Gasteiger partial charge in [0.2, 0.25) is 0 Å². The van der Waals surface area contributed by atoms with Gasteiger partial charge >= 0.3 is 0 Å². The smallest absolute Gasteiger partial charge is 0.0436 e. The van der Waals surface area contributed by atoms with Crippen molar-refractivity contribution < 1.29 is 0 Å². The van der Waals surface area contributed by atoms with E-state index in [1.165, 1.54) is 18.5 Å². The number of anilines is 1. The van der Waals surface area contributed by atoms with Gasteiger partial charge in [-0.1, -0.05) is 0 Å². The highest BCUT2D eigenvalue weighted by Crippen LogP contribution is 2.24. The molecule has 0 radical (unpaired) electrons. The minimum absolute atomic E-state index is 0.667. The van der Waals surface area contributed by atoms with Crippen LogP contribution in [0.1, 0.15) is 18.5 Å². The van der Waals surface area contributed by atoms with E-state index < -0.39 is 0 Å². The molecule has 0 bridgehead atoms. The second-order valence-corrected chi connectivity index (χ2v) is 3.49. The molecule has 0 atom stereocenters. The lowest BCUT2D eigenvalue weighted by Gasteiger charge is -2.05. The van der Waals surface area contributed by atoms with E-state index in [-0.39, 0.29) is 0 Å². The highest BCUT2D eigenvalue weighted by Gasteiger charge is 2.20. The maximum absolute atomic E-state index is 5.46. The topological polar surface area (TPSA) is 50.9 Å². The van der Waals surface area contributed by atoms with Crippen LogP contribution in [0.2, 0.25) is 0 Å². The van der Waals surface area contributed by atoms with E-state index in [9.17, 15) is 0 Å². The van der Waals surface area contributed by atoms with Crippen molar-refractivity contribution in [1.82, 2.24) is 4.98 Å². The molecule has 0 aromatic carbocycles. The van der Waals surface area contributed by atoms with Gasteiger partial charge in [0.15, 0.2) is 0 Å². The molecule has 3 heteroatoms. The maximum Gasteiger partial charge on any atom is 0.0436 e. The van der Waals surface area contributed by atoms with Gasteiger partial charge in [-0.05, 0) is 31.5 Å². The van der Waals surface area contributed by atoms with Crippen LogP contribution in [0.4, 0.5) is 5.69 Å². The van der Waals surface area contributed by atoms with Crippen molar-refractivity contribution in [1.29, 1.82) is 0 Å². The Bertz CT molecular complexity index is 281. The van der Waals surface area contributed by atoms with Crippen LogP contribution in [0.5, 0.6) is 0 Å². The Hall–Kier alpha value is -1.09. The molecule has 0 spiro atoms. The molecule has 0 aliphatic heterocycles. The molecule has 3 N–H and O–H groups in total. The first-order valence-corrected chi connectivity index (χ1v) is 4.80. The molecule has 1 aromatic rings. The average Bonchev–Trinajstić information content (AvgIpc) is 2.90. The number of hydrogen-bond donors (Lipinski definition) is 2. The SMILES string of the molecule is NCCc1cc(NC2CC2)ccn1. The standard InChI is InChI=1S/C10H15N3/c11-5-3-9-7-10(4-6-12-9)13-8-1-2-8/h4,6-8H,1-3,5,11H2,(H,12,13). The monoisotopic (exact) mass is 177 g/mol. The van der Waals surface area contributed by atoms with E-state index in [0.29, 0.717) is 12.6 Å². The molecule has 0 saturated heterocycles. The summed E-state index contributed by atoms with van der Waals surface area (Å²) < 4.78 is 0. The molecule has 70 valence electrons. The van der Waals surface area contributed by atoms with Crippen LogP contribution < -0.4 is 11.1 Å². The lowest BCUT2D eigenvalue weighted by atomic mass is 10.2. The van der Waals surface area contributed by atoms with E-state index in [4.69, 9.17) is 5.73 Å².